The molecule has 1 heterocycles. The first-order valence-electron chi connectivity index (χ1n) is 9.34. The molecule has 0 bridgehead atoms. The fourth-order valence-corrected chi connectivity index (χ4v) is 4.80. The largest absolute Gasteiger partial charge is 0.322 e. The summed E-state index contributed by atoms with van der Waals surface area (Å²) in [5.74, 6) is 0. The monoisotopic (exact) mass is 438 g/mol. The SMILES string of the molecule is O=c1[nH]c2ccccc2cc1CN(Cc1ccccc1)S(=O)(=O)c1ccc(Cl)cc1. The minimum absolute atomic E-state index is 0.0555. The van der Waals surface area contributed by atoms with Crippen molar-refractivity contribution in [2.24, 2.45) is 0 Å². The highest BCUT2D eigenvalue weighted by molar-refractivity contribution is 7.89. The van der Waals surface area contributed by atoms with Crippen LogP contribution in [0.4, 0.5) is 0 Å². The molecule has 0 aliphatic carbocycles. The van der Waals surface area contributed by atoms with E-state index in [1.165, 1.54) is 28.6 Å². The molecule has 0 saturated heterocycles. The van der Waals surface area contributed by atoms with Crippen molar-refractivity contribution in [3.63, 3.8) is 0 Å². The summed E-state index contributed by atoms with van der Waals surface area (Å²) in [6, 6.07) is 24.5. The average molecular weight is 439 g/mol. The van der Waals surface area contributed by atoms with Gasteiger partial charge in [-0.3, -0.25) is 4.79 Å². The van der Waals surface area contributed by atoms with Crippen molar-refractivity contribution in [2.75, 3.05) is 0 Å². The normalized spacial score (nSPS) is 11.8. The van der Waals surface area contributed by atoms with Crippen molar-refractivity contribution in [3.8, 4) is 0 Å². The number of halogens is 1. The topological polar surface area (TPSA) is 70.2 Å². The number of para-hydroxylation sites is 1. The summed E-state index contributed by atoms with van der Waals surface area (Å²) in [7, 11) is -3.86. The van der Waals surface area contributed by atoms with Gasteiger partial charge in [-0.2, -0.15) is 4.31 Å². The number of benzene rings is 3. The standard InChI is InChI=1S/C23H19ClN2O3S/c24-20-10-12-21(13-11-20)30(28,29)26(15-17-6-2-1-3-7-17)16-19-14-18-8-4-5-9-22(18)25-23(19)27/h1-14H,15-16H2,(H,25,27). The second-order valence-electron chi connectivity index (χ2n) is 6.92. The van der Waals surface area contributed by atoms with Crippen molar-refractivity contribution in [1.82, 2.24) is 9.29 Å². The highest BCUT2D eigenvalue weighted by atomic mass is 35.5. The van der Waals surface area contributed by atoms with Gasteiger partial charge in [0.15, 0.2) is 0 Å². The second-order valence-corrected chi connectivity index (χ2v) is 9.30. The number of nitrogens with zero attached hydrogens (tertiary/aromatic N) is 1. The molecule has 0 aliphatic heterocycles. The number of aromatic amines is 1. The lowest BCUT2D eigenvalue weighted by Crippen LogP contribution is -2.32. The van der Waals surface area contributed by atoms with Crippen molar-refractivity contribution >= 4 is 32.5 Å². The number of sulfonamides is 1. The maximum Gasteiger partial charge on any atom is 0.252 e. The Balaban J connectivity index is 1.76. The molecule has 0 fully saturated rings. The smallest absolute Gasteiger partial charge is 0.252 e. The molecule has 0 saturated carbocycles. The Morgan fingerprint density at radius 3 is 2.23 bits per heavy atom. The highest BCUT2D eigenvalue weighted by Crippen LogP contribution is 2.23. The fourth-order valence-electron chi connectivity index (χ4n) is 3.27. The van der Waals surface area contributed by atoms with E-state index in [0.717, 1.165) is 10.9 Å². The number of aromatic nitrogens is 1. The Bertz CT molecular complexity index is 1330. The number of hydrogen-bond acceptors (Lipinski definition) is 3. The van der Waals surface area contributed by atoms with Crippen LogP contribution in [0.3, 0.4) is 0 Å². The van der Waals surface area contributed by atoms with Gasteiger partial charge in [0.05, 0.1) is 4.90 Å². The lowest BCUT2D eigenvalue weighted by Gasteiger charge is -2.22. The molecule has 0 radical (unpaired) electrons. The summed E-state index contributed by atoms with van der Waals surface area (Å²) in [6.45, 7) is 0.0814. The summed E-state index contributed by atoms with van der Waals surface area (Å²) in [4.78, 5) is 15.6. The third-order valence-corrected chi connectivity index (χ3v) is 6.89. The first kappa shape index (κ1) is 20.3. The van der Waals surface area contributed by atoms with Crippen molar-refractivity contribution in [2.45, 2.75) is 18.0 Å². The van der Waals surface area contributed by atoms with Gasteiger partial charge in [-0.1, -0.05) is 60.1 Å². The molecule has 7 heteroatoms. The third kappa shape index (κ3) is 4.31. The van der Waals surface area contributed by atoms with Crippen molar-refractivity contribution in [3.05, 3.63) is 111 Å². The number of pyridine rings is 1. The number of fused-ring (bicyclic) bond motifs is 1. The van der Waals surface area contributed by atoms with Crippen molar-refractivity contribution in [1.29, 1.82) is 0 Å². The zero-order chi connectivity index (χ0) is 21.1. The van der Waals surface area contributed by atoms with Crippen LogP contribution in [0.25, 0.3) is 10.9 Å². The molecule has 5 nitrogen and oxygen atoms in total. The Kier molecular flexibility index (Phi) is 5.72. The molecule has 30 heavy (non-hydrogen) atoms. The van der Waals surface area contributed by atoms with Crippen LogP contribution in [0.1, 0.15) is 11.1 Å². The Labute approximate surface area is 179 Å². The zero-order valence-corrected chi connectivity index (χ0v) is 17.5. The van der Waals surface area contributed by atoms with E-state index in [4.69, 9.17) is 11.6 Å². The average Bonchev–Trinajstić information content (AvgIpc) is 2.75. The molecule has 0 unspecified atom stereocenters. The van der Waals surface area contributed by atoms with E-state index >= 15 is 0 Å². The first-order valence-corrected chi connectivity index (χ1v) is 11.2. The van der Waals surface area contributed by atoms with E-state index in [1.54, 1.807) is 6.07 Å². The van der Waals surface area contributed by atoms with Crippen LogP contribution in [0.15, 0.2) is 94.6 Å². The van der Waals surface area contributed by atoms with Crippen LogP contribution in [0.2, 0.25) is 5.02 Å². The van der Waals surface area contributed by atoms with Gasteiger partial charge in [0, 0.05) is 29.2 Å². The van der Waals surface area contributed by atoms with Crippen LogP contribution < -0.4 is 5.56 Å². The number of H-pyrrole nitrogens is 1. The molecule has 152 valence electrons. The zero-order valence-electron chi connectivity index (χ0n) is 16.0. The van der Waals surface area contributed by atoms with E-state index in [0.29, 0.717) is 16.1 Å². The second kappa shape index (κ2) is 8.44. The van der Waals surface area contributed by atoms with Crippen LogP contribution in [0, 0.1) is 0 Å². The maximum absolute atomic E-state index is 13.4. The number of nitrogens with one attached hydrogen (secondary N) is 1. The molecule has 4 aromatic rings. The van der Waals surface area contributed by atoms with E-state index in [1.807, 2.05) is 54.6 Å². The van der Waals surface area contributed by atoms with Crippen LogP contribution in [-0.2, 0) is 23.1 Å². The van der Waals surface area contributed by atoms with Gasteiger partial charge >= 0.3 is 0 Å². The first-order chi connectivity index (χ1) is 14.4. The van der Waals surface area contributed by atoms with Gasteiger partial charge in [0.2, 0.25) is 10.0 Å². The Morgan fingerprint density at radius 1 is 0.833 bits per heavy atom. The van der Waals surface area contributed by atoms with Gasteiger partial charge in [0.25, 0.3) is 5.56 Å². The minimum atomic E-state index is -3.86. The van der Waals surface area contributed by atoms with Crippen LogP contribution in [-0.4, -0.2) is 17.7 Å². The van der Waals surface area contributed by atoms with Gasteiger partial charge in [-0.15, -0.1) is 0 Å². The molecule has 3 aromatic carbocycles. The van der Waals surface area contributed by atoms with Crippen LogP contribution >= 0.6 is 11.6 Å². The van der Waals surface area contributed by atoms with Gasteiger partial charge < -0.3 is 4.98 Å². The molecule has 0 atom stereocenters. The maximum atomic E-state index is 13.4. The lowest BCUT2D eigenvalue weighted by atomic mass is 10.1. The number of hydrogen-bond donors (Lipinski definition) is 1. The summed E-state index contributed by atoms with van der Waals surface area (Å²) >= 11 is 5.92. The fraction of sp³-hybridized carbons (Fsp3) is 0.0870. The predicted molar refractivity (Wildman–Crippen MR) is 119 cm³/mol. The molecule has 0 amide bonds. The van der Waals surface area contributed by atoms with Gasteiger partial charge in [-0.25, -0.2) is 8.42 Å². The Morgan fingerprint density at radius 2 is 1.50 bits per heavy atom. The van der Waals surface area contributed by atoms with Gasteiger partial charge in [-0.05, 0) is 47.3 Å². The summed E-state index contributed by atoms with van der Waals surface area (Å²) in [5.41, 5.74) is 1.61. The highest BCUT2D eigenvalue weighted by Gasteiger charge is 2.26. The number of rotatable bonds is 6. The Hall–Kier alpha value is -2.93. The molecular formula is C23H19ClN2O3S. The molecule has 1 aromatic heterocycles. The molecule has 4 rings (SSSR count). The summed E-state index contributed by atoms with van der Waals surface area (Å²) in [5, 5.41) is 1.30. The minimum Gasteiger partial charge on any atom is -0.322 e. The van der Waals surface area contributed by atoms with E-state index < -0.39 is 10.0 Å². The van der Waals surface area contributed by atoms with E-state index in [-0.39, 0.29) is 23.5 Å². The van der Waals surface area contributed by atoms with E-state index in [9.17, 15) is 13.2 Å². The third-order valence-electron chi connectivity index (χ3n) is 4.83. The quantitative estimate of drug-likeness (QED) is 0.479. The van der Waals surface area contributed by atoms with Crippen molar-refractivity contribution < 1.29 is 8.42 Å². The molecule has 0 spiro atoms. The van der Waals surface area contributed by atoms with Gasteiger partial charge in [0.1, 0.15) is 0 Å². The molecule has 1 N–H and O–H groups in total. The summed E-state index contributed by atoms with van der Waals surface area (Å²) in [6.07, 6.45) is 0. The molecule has 0 aliphatic rings. The summed E-state index contributed by atoms with van der Waals surface area (Å²) < 4.78 is 28.1. The predicted octanol–water partition coefficient (Wildman–Crippen LogP) is 4.57. The lowest BCUT2D eigenvalue weighted by molar-refractivity contribution is 0.400. The van der Waals surface area contributed by atoms with E-state index in [2.05, 4.69) is 4.98 Å². The molecular weight excluding hydrogens is 420 g/mol. The van der Waals surface area contributed by atoms with Crippen LogP contribution in [0.5, 0.6) is 0 Å².